The van der Waals surface area contributed by atoms with Gasteiger partial charge in [0.2, 0.25) is 0 Å². The third kappa shape index (κ3) is 4.79. The lowest BCUT2D eigenvalue weighted by molar-refractivity contribution is 0.620. The number of nitrogens with zero attached hydrogens (tertiary/aromatic N) is 2. The van der Waals surface area contributed by atoms with Crippen LogP contribution in [0.3, 0.4) is 0 Å². The van der Waals surface area contributed by atoms with E-state index in [9.17, 15) is 0 Å². The van der Waals surface area contributed by atoms with Crippen molar-refractivity contribution < 1.29 is 0 Å². The van der Waals surface area contributed by atoms with E-state index >= 15 is 0 Å². The maximum Gasteiger partial charge on any atom is 0.152 e. The first-order valence-corrected chi connectivity index (χ1v) is 12.6. The minimum absolute atomic E-state index is 0.160. The van der Waals surface area contributed by atoms with E-state index in [-0.39, 0.29) is 5.50 Å². The van der Waals surface area contributed by atoms with Gasteiger partial charge in [0.15, 0.2) is 5.82 Å². The number of hydrogen-bond donors (Lipinski definition) is 2. The van der Waals surface area contributed by atoms with E-state index in [0.29, 0.717) is 5.92 Å². The molecule has 2 heterocycles. The maximum atomic E-state index is 5.02. The van der Waals surface area contributed by atoms with Crippen molar-refractivity contribution in [3.8, 4) is 0 Å². The summed E-state index contributed by atoms with van der Waals surface area (Å²) in [7, 11) is 0. The summed E-state index contributed by atoms with van der Waals surface area (Å²) in [6.07, 6.45) is 0. The summed E-state index contributed by atoms with van der Waals surface area (Å²) in [5, 5.41) is 8.64. The third-order valence-electron chi connectivity index (χ3n) is 5.82. The van der Waals surface area contributed by atoms with Gasteiger partial charge >= 0.3 is 0 Å². The topological polar surface area (TPSA) is 40.2 Å². The molecule has 2 N–H and O–H groups in total. The Labute approximate surface area is 200 Å². The molecule has 4 aromatic rings. The molecule has 4 nitrogen and oxygen atoms in total. The highest BCUT2D eigenvalue weighted by molar-refractivity contribution is 7.99. The minimum atomic E-state index is 0.160. The lowest BCUT2D eigenvalue weighted by Gasteiger charge is -2.28. The molecule has 0 aliphatic carbocycles. The molecule has 0 amide bonds. The first-order valence-electron chi connectivity index (χ1n) is 11.6. The van der Waals surface area contributed by atoms with Gasteiger partial charge in [-0.25, -0.2) is 4.98 Å². The second kappa shape index (κ2) is 9.75. The van der Waals surface area contributed by atoms with Crippen molar-refractivity contribution in [2.24, 2.45) is 5.92 Å². The van der Waals surface area contributed by atoms with Crippen LogP contribution in [0, 0.1) is 5.92 Å². The minimum Gasteiger partial charge on any atom is -0.364 e. The van der Waals surface area contributed by atoms with E-state index in [0.717, 1.165) is 35.9 Å². The number of para-hydroxylation sites is 1. The van der Waals surface area contributed by atoms with Gasteiger partial charge in [-0.15, -0.1) is 11.8 Å². The fourth-order valence-electron chi connectivity index (χ4n) is 4.32. The lowest BCUT2D eigenvalue weighted by Crippen LogP contribution is -2.35. The Hall–Kier alpha value is -3.18. The quantitative estimate of drug-likeness (QED) is 0.301. The summed E-state index contributed by atoms with van der Waals surface area (Å²) in [5.41, 5.74) is 6.14. The Morgan fingerprint density at radius 1 is 0.909 bits per heavy atom. The fraction of sp³-hybridized carbons (Fsp3) is 0.250. The highest BCUT2D eigenvalue weighted by Gasteiger charge is 2.34. The molecule has 0 fully saturated rings. The number of aromatic nitrogens is 1. The van der Waals surface area contributed by atoms with Crippen molar-refractivity contribution in [1.29, 1.82) is 0 Å². The molecule has 0 saturated carbocycles. The van der Waals surface area contributed by atoms with Crippen LogP contribution in [-0.2, 0) is 12.3 Å². The first-order chi connectivity index (χ1) is 16.2. The zero-order valence-corrected chi connectivity index (χ0v) is 20.0. The number of thioether (sulfide) groups is 1. The smallest absolute Gasteiger partial charge is 0.152 e. The van der Waals surface area contributed by atoms with Crippen LogP contribution in [0.25, 0.3) is 10.9 Å². The van der Waals surface area contributed by atoms with Crippen LogP contribution in [0.2, 0.25) is 0 Å². The predicted octanol–water partition coefficient (Wildman–Crippen LogP) is 6.95. The van der Waals surface area contributed by atoms with Crippen LogP contribution in [0.4, 0.5) is 17.2 Å². The summed E-state index contributed by atoms with van der Waals surface area (Å²) in [6.45, 7) is 6.30. The molecule has 1 atom stereocenters. The molecule has 1 aliphatic heterocycles. The number of hydrogen-bond acceptors (Lipinski definition) is 5. The number of rotatable bonds is 8. The molecule has 3 aromatic carbocycles. The molecule has 1 aliphatic rings. The van der Waals surface area contributed by atoms with Crippen molar-refractivity contribution in [1.82, 2.24) is 4.98 Å². The van der Waals surface area contributed by atoms with E-state index in [1.54, 1.807) is 0 Å². The number of benzene rings is 3. The zero-order chi connectivity index (χ0) is 22.6. The van der Waals surface area contributed by atoms with Crippen LogP contribution in [0.5, 0.6) is 0 Å². The summed E-state index contributed by atoms with van der Waals surface area (Å²) in [5.74, 6) is 2.42. The van der Waals surface area contributed by atoms with E-state index < -0.39 is 0 Å². The highest BCUT2D eigenvalue weighted by atomic mass is 32.2. The van der Waals surface area contributed by atoms with Gasteiger partial charge < -0.3 is 15.5 Å². The number of fused-ring (bicyclic) bond motifs is 3. The van der Waals surface area contributed by atoms with Gasteiger partial charge in [0, 0.05) is 24.2 Å². The average molecular weight is 455 g/mol. The van der Waals surface area contributed by atoms with Crippen LogP contribution in [0.15, 0.2) is 84.9 Å². The monoisotopic (exact) mass is 454 g/mol. The molecule has 168 valence electrons. The van der Waals surface area contributed by atoms with E-state index in [2.05, 4.69) is 114 Å². The molecule has 1 unspecified atom stereocenters. The molecule has 0 bridgehead atoms. The molecule has 0 radical (unpaired) electrons. The average Bonchev–Trinajstić information content (AvgIpc) is 3.20. The Bertz CT molecular complexity index is 1210. The molecule has 33 heavy (non-hydrogen) atoms. The van der Waals surface area contributed by atoms with Gasteiger partial charge in [-0.1, -0.05) is 92.7 Å². The van der Waals surface area contributed by atoms with Crippen LogP contribution in [-0.4, -0.2) is 17.0 Å². The molecular weight excluding hydrogens is 424 g/mol. The third-order valence-corrected chi connectivity index (χ3v) is 7.01. The standard InChI is InChI=1S/C28H30N4S/c1-20(2)18-32-26-23-15-9-10-16-24(23)30-27(29-17-21-11-5-3-6-12-21)25(26)31-28(32)33-19-22-13-7-4-8-14-22/h3-16,20,28,31H,17-19H2,1-2H3,(H,29,30). The first kappa shape index (κ1) is 21.7. The largest absolute Gasteiger partial charge is 0.364 e. The zero-order valence-electron chi connectivity index (χ0n) is 19.2. The van der Waals surface area contributed by atoms with Gasteiger partial charge in [0.1, 0.15) is 11.2 Å². The van der Waals surface area contributed by atoms with Crippen molar-refractivity contribution in [2.45, 2.75) is 31.6 Å². The van der Waals surface area contributed by atoms with Crippen LogP contribution < -0.4 is 15.5 Å². The van der Waals surface area contributed by atoms with Gasteiger partial charge in [-0.3, -0.25) is 0 Å². The maximum absolute atomic E-state index is 5.02. The van der Waals surface area contributed by atoms with Crippen LogP contribution >= 0.6 is 11.8 Å². The van der Waals surface area contributed by atoms with Crippen molar-refractivity contribution in [3.63, 3.8) is 0 Å². The normalized spacial score (nSPS) is 15.0. The summed E-state index contributed by atoms with van der Waals surface area (Å²) in [6, 6.07) is 29.7. The number of anilines is 3. The Morgan fingerprint density at radius 2 is 1.58 bits per heavy atom. The second-order valence-electron chi connectivity index (χ2n) is 8.88. The van der Waals surface area contributed by atoms with E-state index in [1.807, 2.05) is 11.8 Å². The Balaban J connectivity index is 1.50. The molecule has 0 saturated heterocycles. The summed E-state index contributed by atoms with van der Waals surface area (Å²) in [4.78, 5) is 7.55. The van der Waals surface area contributed by atoms with Gasteiger partial charge in [0.05, 0.1) is 11.2 Å². The SMILES string of the molecule is CC(C)CN1c2c(c(NCc3ccccc3)nc3ccccc23)NC1SCc1ccccc1. The van der Waals surface area contributed by atoms with Crippen LogP contribution in [0.1, 0.15) is 25.0 Å². The number of pyridine rings is 1. The van der Waals surface area contributed by atoms with Gasteiger partial charge in [-0.2, -0.15) is 0 Å². The molecule has 5 heteroatoms. The second-order valence-corrected chi connectivity index (χ2v) is 9.95. The highest BCUT2D eigenvalue weighted by Crippen LogP contribution is 2.47. The molecular formula is C28H30N4S. The Kier molecular flexibility index (Phi) is 6.40. The van der Waals surface area contributed by atoms with Crippen molar-refractivity contribution in [3.05, 3.63) is 96.1 Å². The molecule has 0 spiro atoms. The fourth-order valence-corrected chi connectivity index (χ4v) is 5.43. The van der Waals surface area contributed by atoms with E-state index in [1.165, 1.54) is 22.2 Å². The predicted molar refractivity (Wildman–Crippen MR) is 143 cm³/mol. The van der Waals surface area contributed by atoms with Gasteiger partial charge in [-0.05, 0) is 23.1 Å². The number of nitrogens with one attached hydrogen (secondary N) is 2. The van der Waals surface area contributed by atoms with E-state index in [4.69, 9.17) is 4.98 Å². The Morgan fingerprint density at radius 3 is 2.30 bits per heavy atom. The lowest BCUT2D eigenvalue weighted by atomic mass is 10.1. The summed E-state index contributed by atoms with van der Waals surface area (Å²) >= 11 is 1.93. The molecule has 5 rings (SSSR count). The summed E-state index contributed by atoms with van der Waals surface area (Å²) < 4.78 is 0. The van der Waals surface area contributed by atoms with Crippen molar-refractivity contribution >= 4 is 39.9 Å². The molecule has 1 aromatic heterocycles. The van der Waals surface area contributed by atoms with Gasteiger partial charge in [0.25, 0.3) is 0 Å². The van der Waals surface area contributed by atoms with Crippen molar-refractivity contribution in [2.75, 3.05) is 22.1 Å².